The number of halogens is 2. The van der Waals surface area contributed by atoms with Gasteiger partial charge in [-0.15, -0.1) is 0 Å². The first-order valence-corrected chi connectivity index (χ1v) is 5.79. The summed E-state index contributed by atoms with van der Waals surface area (Å²) in [5.41, 5.74) is -0.283. The first-order valence-electron chi connectivity index (χ1n) is 5.41. The fourth-order valence-electron chi connectivity index (χ4n) is 1.68. The molecule has 0 aromatic heterocycles. The van der Waals surface area contributed by atoms with Gasteiger partial charge in [-0.3, -0.25) is 4.79 Å². The molecular formula is C12H13ClFNO2. The second-order valence-electron chi connectivity index (χ2n) is 4.36. The van der Waals surface area contributed by atoms with Crippen molar-refractivity contribution < 1.29 is 14.3 Å². The lowest BCUT2D eigenvalue weighted by atomic mass is 10.1. The average molecular weight is 258 g/mol. The number of amides is 1. The van der Waals surface area contributed by atoms with Crippen LogP contribution in [0.2, 0.25) is 5.02 Å². The van der Waals surface area contributed by atoms with Gasteiger partial charge in [0.2, 0.25) is 5.91 Å². The molecule has 0 spiro atoms. The molecule has 92 valence electrons. The van der Waals surface area contributed by atoms with Gasteiger partial charge in [0.05, 0.1) is 18.6 Å². The molecule has 17 heavy (non-hydrogen) atoms. The van der Waals surface area contributed by atoms with Crippen LogP contribution in [0.4, 0.5) is 4.39 Å². The maximum Gasteiger partial charge on any atom is 0.225 e. The van der Waals surface area contributed by atoms with Gasteiger partial charge in [-0.1, -0.05) is 17.7 Å². The van der Waals surface area contributed by atoms with E-state index in [0.29, 0.717) is 0 Å². The third-order valence-electron chi connectivity index (χ3n) is 2.96. The average Bonchev–Trinajstić information content (AvgIpc) is 3.04. The highest BCUT2D eigenvalue weighted by Gasteiger charge is 2.43. The van der Waals surface area contributed by atoms with Gasteiger partial charge in [0, 0.05) is 10.6 Å². The number of rotatable bonds is 4. The summed E-state index contributed by atoms with van der Waals surface area (Å²) < 4.78 is 13.4. The first-order chi connectivity index (χ1) is 8.06. The van der Waals surface area contributed by atoms with Gasteiger partial charge in [-0.25, -0.2) is 4.39 Å². The summed E-state index contributed by atoms with van der Waals surface area (Å²) >= 11 is 5.82. The fraction of sp³-hybridized carbons (Fsp3) is 0.417. The van der Waals surface area contributed by atoms with Crippen LogP contribution in [0.15, 0.2) is 18.2 Å². The number of aliphatic hydroxyl groups excluding tert-OH is 1. The van der Waals surface area contributed by atoms with Crippen LogP contribution in [0.1, 0.15) is 18.4 Å². The largest absolute Gasteiger partial charge is 0.394 e. The summed E-state index contributed by atoms with van der Waals surface area (Å²) in [5, 5.41) is 12.0. The topological polar surface area (TPSA) is 49.3 Å². The Bertz CT molecular complexity index is 426. The van der Waals surface area contributed by atoms with Gasteiger partial charge in [0.1, 0.15) is 5.82 Å². The third kappa shape index (κ3) is 2.76. The highest BCUT2D eigenvalue weighted by Crippen LogP contribution is 2.34. The molecule has 1 amide bonds. The number of nitrogens with one attached hydrogen (secondary N) is 1. The molecule has 0 bridgehead atoms. The predicted molar refractivity (Wildman–Crippen MR) is 62.3 cm³/mol. The second kappa shape index (κ2) is 4.63. The summed E-state index contributed by atoms with van der Waals surface area (Å²) in [6.07, 6.45) is 1.42. The molecule has 1 saturated carbocycles. The van der Waals surface area contributed by atoms with Gasteiger partial charge < -0.3 is 10.4 Å². The number of carbonyl (C=O) groups is 1. The Morgan fingerprint density at radius 1 is 1.53 bits per heavy atom. The molecule has 2 rings (SSSR count). The van der Waals surface area contributed by atoms with Crippen LogP contribution in [0.3, 0.4) is 0 Å². The lowest BCUT2D eigenvalue weighted by molar-refractivity contribution is -0.121. The smallest absolute Gasteiger partial charge is 0.225 e. The van der Waals surface area contributed by atoms with Gasteiger partial charge in [0.15, 0.2) is 0 Å². The van der Waals surface area contributed by atoms with Crippen molar-refractivity contribution in [1.29, 1.82) is 0 Å². The van der Waals surface area contributed by atoms with Crippen LogP contribution < -0.4 is 5.32 Å². The Hall–Kier alpha value is -1.13. The molecule has 1 aliphatic rings. The van der Waals surface area contributed by atoms with Gasteiger partial charge in [-0.05, 0) is 25.0 Å². The minimum atomic E-state index is -0.485. The molecule has 1 aromatic rings. The SMILES string of the molecule is O=C(Cc1c(F)cccc1Cl)NC1(CO)CC1. The van der Waals surface area contributed by atoms with Gasteiger partial charge in [-0.2, -0.15) is 0 Å². The highest BCUT2D eigenvalue weighted by molar-refractivity contribution is 6.31. The van der Waals surface area contributed by atoms with E-state index in [1.54, 1.807) is 6.07 Å². The van der Waals surface area contributed by atoms with E-state index in [1.807, 2.05) is 0 Å². The maximum atomic E-state index is 13.4. The molecule has 0 atom stereocenters. The molecular weight excluding hydrogens is 245 g/mol. The van der Waals surface area contributed by atoms with E-state index < -0.39 is 11.4 Å². The summed E-state index contributed by atoms with van der Waals surface area (Å²) in [5.74, 6) is -0.801. The lowest BCUT2D eigenvalue weighted by Crippen LogP contribution is -2.40. The number of carbonyl (C=O) groups excluding carboxylic acids is 1. The van der Waals surface area contributed by atoms with Crippen LogP contribution in [0.5, 0.6) is 0 Å². The molecule has 2 N–H and O–H groups in total. The standard InChI is InChI=1S/C12H13ClFNO2/c13-9-2-1-3-10(14)8(9)6-11(17)15-12(7-16)4-5-12/h1-3,16H,4-7H2,(H,15,17). The first kappa shape index (κ1) is 12.3. The number of hydrogen-bond acceptors (Lipinski definition) is 2. The van der Waals surface area contributed by atoms with Crippen molar-refractivity contribution in [3.05, 3.63) is 34.6 Å². The molecule has 0 unspecified atom stereocenters. The van der Waals surface area contributed by atoms with Crippen LogP contribution in [0.25, 0.3) is 0 Å². The molecule has 0 aliphatic heterocycles. The van der Waals surface area contributed by atoms with Crippen LogP contribution in [0, 0.1) is 5.82 Å². The van der Waals surface area contributed by atoms with Crippen LogP contribution in [-0.4, -0.2) is 23.2 Å². The third-order valence-corrected chi connectivity index (χ3v) is 3.31. The Balaban J connectivity index is 2.03. The summed E-state index contributed by atoms with van der Waals surface area (Å²) in [6.45, 7) is -0.0796. The molecule has 0 heterocycles. The predicted octanol–water partition coefficient (Wildman–Crippen LogP) is 1.66. The Kier molecular flexibility index (Phi) is 3.35. The Labute approximate surface area is 104 Å². The van der Waals surface area contributed by atoms with Crippen molar-refractivity contribution in [2.75, 3.05) is 6.61 Å². The molecule has 3 nitrogen and oxygen atoms in total. The van der Waals surface area contributed by atoms with E-state index in [4.69, 9.17) is 16.7 Å². The van der Waals surface area contributed by atoms with Crippen molar-refractivity contribution in [2.45, 2.75) is 24.8 Å². The summed E-state index contributed by atoms with van der Waals surface area (Å²) in [4.78, 5) is 11.7. The number of benzene rings is 1. The van der Waals surface area contributed by atoms with Crippen molar-refractivity contribution in [1.82, 2.24) is 5.32 Å². The van der Waals surface area contributed by atoms with E-state index in [9.17, 15) is 9.18 Å². The van der Waals surface area contributed by atoms with E-state index in [0.717, 1.165) is 12.8 Å². The van der Waals surface area contributed by atoms with E-state index in [1.165, 1.54) is 12.1 Å². The number of aliphatic hydroxyl groups is 1. The van der Waals surface area contributed by atoms with Crippen molar-refractivity contribution in [3.63, 3.8) is 0 Å². The Morgan fingerprint density at radius 3 is 2.76 bits per heavy atom. The zero-order valence-corrected chi connectivity index (χ0v) is 9.93. The van der Waals surface area contributed by atoms with E-state index in [-0.39, 0.29) is 29.5 Å². The van der Waals surface area contributed by atoms with Gasteiger partial charge in [0.25, 0.3) is 0 Å². The second-order valence-corrected chi connectivity index (χ2v) is 4.77. The van der Waals surface area contributed by atoms with E-state index >= 15 is 0 Å². The molecule has 1 fully saturated rings. The fourth-order valence-corrected chi connectivity index (χ4v) is 1.91. The minimum absolute atomic E-state index is 0.0796. The van der Waals surface area contributed by atoms with E-state index in [2.05, 4.69) is 5.32 Å². The zero-order valence-electron chi connectivity index (χ0n) is 9.17. The van der Waals surface area contributed by atoms with Crippen molar-refractivity contribution >= 4 is 17.5 Å². The van der Waals surface area contributed by atoms with Crippen molar-refractivity contribution in [2.24, 2.45) is 0 Å². The Morgan fingerprint density at radius 2 is 2.24 bits per heavy atom. The molecule has 1 aromatic carbocycles. The molecule has 0 radical (unpaired) electrons. The summed E-state index contributed by atoms with van der Waals surface area (Å²) in [7, 11) is 0. The quantitative estimate of drug-likeness (QED) is 0.862. The normalized spacial score (nSPS) is 16.6. The minimum Gasteiger partial charge on any atom is -0.394 e. The molecule has 0 saturated heterocycles. The monoisotopic (exact) mass is 257 g/mol. The van der Waals surface area contributed by atoms with Crippen molar-refractivity contribution in [3.8, 4) is 0 Å². The summed E-state index contributed by atoms with van der Waals surface area (Å²) in [6, 6.07) is 4.31. The van der Waals surface area contributed by atoms with Gasteiger partial charge >= 0.3 is 0 Å². The highest BCUT2D eigenvalue weighted by atomic mass is 35.5. The number of hydrogen-bond donors (Lipinski definition) is 2. The van der Waals surface area contributed by atoms with Crippen LogP contribution >= 0.6 is 11.6 Å². The lowest BCUT2D eigenvalue weighted by Gasteiger charge is -2.14. The zero-order chi connectivity index (χ0) is 12.5. The molecule has 1 aliphatic carbocycles. The maximum absolute atomic E-state index is 13.4. The van der Waals surface area contributed by atoms with Crippen LogP contribution in [-0.2, 0) is 11.2 Å². The molecule has 5 heteroatoms.